The van der Waals surface area contributed by atoms with Crippen LogP contribution in [0.5, 0.6) is 0 Å². The summed E-state index contributed by atoms with van der Waals surface area (Å²) in [5, 5.41) is 8.94. The molecule has 1 fully saturated rings. The lowest BCUT2D eigenvalue weighted by molar-refractivity contribution is -0.137. The predicted molar refractivity (Wildman–Crippen MR) is 85.5 cm³/mol. The maximum atomic E-state index is 10.9. The summed E-state index contributed by atoms with van der Waals surface area (Å²) in [4.78, 5) is 10.9. The van der Waals surface area contributed by atoms with E-state index < -0.39 is 5.97 Å². The average molecular weight is 298 g/mol. The minimum atomic E-state index is -0.745. The molecule has 0 radical (unpaired) electrons. The number of aliphatic carboxylic acids is 1. The van der Waals surface area contributed by atoms with Crippen LogP contribution in [0.25, 0.3) is 0 Å². The third-order valence-electron chi connectivity index (χ3n) is 4.81. The molecule has 4 nitrogen and oxygen atoms in total. The van der Waals surface area contributed by atoms with Gasteiger partial charge in [-0.3, -0.25) is 4.79 Å². The van der Waals surface area contributed by atoms with Gasteiger partial charge in [0.1, 0.15) is 0 Å². The molecule has 0 aliphatic carbocycles. The van der Waals surface area contributed by atoms with E-state index in [-0.39, 0.29) is 30.6 Å². The van der Waals surface area contributed by atoms with Gasteiger partial charge in [0.25, 0.3) is 0 Å². The topological polar surface area (TPSA) is 55.8 Å². The van der Waals surface area contributed by atoms with Gasteiger partial charge in [0, 0.05) is 6.42 Å². The van der Waals surface area contributed by atoms with Crippen molar-refractivity contribution in [1.82, 2.24) is 0 Å². The summed E-state index contributed by atoms with van der Waals surface area (Å²) in [7, 11) is -0.282. The minimum absolute atomic E-state index is 0.166. The van der Waals surface area contributed by atoms with Gasteiger partial charge in [-0.2, -0.15) is 0 Å². The average Bonchev–Trinajstić information content (AvgIpc) is 2.57. The molecule has 1 N–H and O–H groups in total. The standard InChI is InChI=1S/C16H31BO4/c1-6-7-8-9-10-13(11-12-14(18)19)17-20-15(2,3)16(4,5)21-17/h13H,6-12H2,1-5H3,(H,18,19). The molecule has 0 aromatic rings. The first-order valence-electron chi connectivity index (χ1n) is 8.27. The van der Waals surface area contributed by atoms with Crippen LogP contribution in [0.1, 0.15) is 79.6 Å². The summed E-state index contributed by atoms with van der Waals surface area (Å²) in [6.07, 6.45) is 6.53. The highest BCUT2D eigenvalue weighted by Gasteiger charge is 2.53. The van der Waals surface area contributed by atoms with E-state index in [0.29, 0.717) is 6.42 Å². The first-order chi connectivity index (χ1) is 9.69. The van der Waals surface area contributed by atoms with Crippen molar-refractivity contribution < 1.29 is 19.2 Å². The zero-order chi connectivity index (χ0) is 16.1. The van der Waals surface area contributed by atoms with Crippen LogP contribution in [0.3, 0.4) is 0 Å². The maximum absolute atomic E-state index is 10.9. The second-order valence-electron chi connectivity index (χ2n) is 7.17. The van der Waals surface area contributed by atoms with Gasteiger partial charge in [-0.25, -0.2) is 0 Å². The fourth-order valence-corrected chi connectivity index (χ4v) is 2.64. The summed E-state index contributed by atoms with van der Waals surface area (Å²) in [5.74, 6) is -0.580. The Morgan fingerprint density at radius 2 is 1.62 bits per heavy atom. The van der Waals surface area contributed by atoms with Crippen molar-refractivity contribution in [1.29, 1.82) is 0 Å². The largest absolute Gasteiger partial charge is 0.481 e. The molecular weight excluding hydrogens is 267 g/mol. The molecule has 1 heterocycles. The second kappa shape index (κ2) is 7.64. The predicted octanol–water partition coefficient (Wildman–Crippen LogP) is 4.28. The molecule has 0 aromatic carbocycles. The van der Waals surface area contributed by atoms with Gasteiger partial charge in [0.2, 0.25) is 0 Å². The molecule has 0 spiro atoms. The first-order valence-corrected chi connectivity index (χ1v) is 8.27. The van der Waals surface area contributed by atoms with Crippen molar-refractivity contribution in [3.8, 4) is 0 Å². The second-order valence-corrected chi connectivity index (χ2v) is 7.17. The van der Waals surface area contributed by atoms with Crippen LogP contribution < -0.4 is 0 Å². The van der Waals surface area contributed by atoms with Gasteiger partial charge in [0.15, 0.2) is 0 Å². The molecule has 1 rings (SSSR count). The van der Waals surface area contributed by atoms with E-state index in [0.717, 1.165) is 12.8 Å². The fourth-order valence-electron chi connectivity index (χ4n) is 2.64. The monoisotopic (exact) mass is 298 g/mol. The third-order valence-corrected chi connectivity index (χ3v) is 4.81. The van der Waals surface area contributed by atoms with E-state index >= 15 is 0 Å². The van der Waals surface area contributed by atoms with Crippen molar-refractivity contribution in [2.24, 2.45) is 0 Å². The van der Waals surface area contributed by atoms with Gasteiger partial charge < -0.3 is 14.4 Å². The highest BCUT2D eigenvalue weighted by atomic mass is 16.7. The first kappa shape index (κ1) is 18.5. The van der Waals surface area contributed by atoms with Gasteiger partial charge >= 0.3 is 13.1 Å². The van der Waals surface area contributed by atoms with Crippen molar-refractivity contribution in [3.63, 3.8) is 0 Å². The Morgan fingerprint density at radius 3 is 2.10 bits per heavy atom. The van der Waals surface area contributed by atoms with Gasteiger partial charge in [0.05, 0.1) is 11.2 Å². The quantitative estimate of drug-likeness (QED) is 0.510. The lowest BCUT2D eigenvalue weighted by Crippen LogP contribution is -2.41. The molecule has 1 atom stereocenters. The van der Waals surface area contributed by atoms with Crippen LogP contribution in [0.2, 0.25) is 5.82 Å². The van der Waals surface area contributed by atoms with Gasteiger partial charge in [-0.05, 0) is 39.9 Å². The molecule has 1 saturated heterocycles. The van der Waals surface area contributed by atoms with Crippen molar-refractivity contribution in [2.75, 3.05) is 0 Å². The van der Waals surface area contributed by atoms with Crippen molar-refractivity contribution in [2.45, 2.75) is 96.6 Å². The van der Waals surface area contributed by atoms with E-state index in [2.05, 4.69) is 6.92 Å². The van der Waals surface area contributed by atoms with E-state index in [1.807, 2.05) is 27.7 Å². The van der Waals surface area contributed by atoms with Crippen LogP contribution in [-0.2, 0) is 14.1 Å². The Balaban J connectivity index is 2.61. The smallest absolute Gasteiger partial charge is 0.461 e. The lowest BCUT2D eigenvalue weighted by atomic mass is 9.67. The third kappa shape index (κ3) is 5.30. The highest BCUT2D eigenvalue weighted by molar-refractivity contribution is 6.47. The molecule has 1 aliphatic heterocycles. The van der Waals surface area contributed by atoms with Crippen LogP contribution in [0, 0.1) is 0 Å². The molecule has 5 heteroatoms. The van der Waals surface area contributed by atoms with E-state index in [9.17, 15) is 4.79 Å². The van der Waals surface area contributed by atoms with E-state index in [1.165, 1.54) is 19.3 Å². The fraction of sp³-hybridized carbons (Fsp3) is 0.938. The molecule has 122 valence electrons. The van der Waals surface area contributed by atoms with Crippen LogP contribution in [0.15, 0.2) is 0 Å². The van der Waals surface area contributed by atoms with Crippen LogP contribution >= 0.6 is 0 Å². The molecule has 21 heavy (non-hydrogen) atoms. The normalized spacial score (nSPS) is 21.5. The molecule has 1 aliphatic rings. The number of hydrogen-bond acceptors (Lipinski definition) is 3. The lowest BCUT2D eigenvalue weighted by Gasteiger charge is -2.32. The number of carboxylic acid groups (broad SMARTS) is 1. The Hall–Kier alpha value is -0.545. The zero-order valence-corrected chi connectivity index (χ0v) is 14.3. The number of carboxylic acids is 1. The highest BCUT2D eigenvalue weighted by Crippen LogP contribution is 2.42. The summed E-state index contributed by atoms with van der Waals surface area (Å²) in [6.45, 7) is 10.4. The van der Waals surface area contributed by atoms with Crippen molar-refractivity contribution >= 4 is 13.1 Å². The Bertz CT molecular complexity index is 325. The van der Waals surface area contributed by atoms with Crippen LogP contribution in [-0.4, -0.2) is 29.4 Å². The Labute approximate surface area is 129 Å². The van der Waals surface area contributed by atoms with Gasteiger partial charge in [-0.15, -0.1) is 0 Å². The summed E-state index contributed by atoms with van der Waals surface area (Å²) < 4.78 is 12.2. The summed E-state index contributed by atoms with van der Waals surface area (Å²) >= 11 is 0. The van der Waals surface area contributed by atoms with Crippen molar-refractivity contribution in [3.05, 3.63) is 0 Å². The molecule has 1 unspecified atom stereocenters. The molecule has 0 aromatic heterocycles. The number of hydrogen-bond donors (Lipinski definition) is 1. The number of unbranched alkanes of at least 4 members (excludes halogenated alkanes) is 3. The summed E-state index contributed by atoms with van der Waals surface area (Å²) in [6, 6.07) is 0. The minimum Gasteiger partial charge on any atom is -0.481 e. The van der Waals surface area contributed by atoms with Crippen LogP contribution in [0.4, 0.5) is 0 Å². The maximum Gasteiger partial charge on any atom is 0.461 e. The SMILES string of the molecule is CCCCCCC(CCC(=O)O)B1OC(C)(C)C(C)(C)O1. The molecule has 0 bridgehead atoms. The number of carbonyl (C=O) groups is 1. The molecule has 0 amide bonds. The molecule has 0 saturated carbocycles. The molecular formula is C16H31BO4. The number of rotatable bonds is 9. The Kier molecular flexibility index (Phi) is 6.73. The van der Waals surface area contributed by atoms with E-state index in [1.54, 1.807) is 0 Å². The van der Waals surface area contributed by atoms with Gasteiger partial charge in [-0.1, -0.05) is 39.0 Å². The summed E-state index contributed by atoms with van der Waals surface area (Å²) in [5.41, 5.74) is -0.689. The van der Waals surface area contributed by atoms with E-state index in [4.69, 9.17) is 14.4 Å². The zero-order valence-electron chi connectivity index (χ0n) is 14.3. The Morgan fingerprint density at radius 1 is 1.05 bits per heavy atom.